The molecule has 0 saturated carbocycles. The van der Waals surface area contributed by atoms with E-state index in [-0.39, 0.29) is 20.4 Å². The summed E-state index contributed by atoms with van der Waals surface area (Å²) < 4.78 is 0. The predicted octanol–water partition coefficient (Wildman–Crippen LogP) is 2.47. The maximum Gasteiger partial charge on any atom is 0.0426 e. The third-order valence-corrected chi connectivity index (χ3v) is 1.87. The third-order valence-electron chi connectivity index (χ3n) is 1.87. The fourth-order valence-corrected chi connectivity index (χ4v) is 1.24. The minimum absolute atomic E-state index is 0. The summed E-state index contributed by atoms with van der Waals surface area (Å²) in [4.78, 5) is 4.25. The van der Waals surface area contributed by atoms with E-state index in [1.165, 1.54) is 5.56 Å². The van der Waals surface area contributed by atoms with Gasteiger partial charge in [0.2, 0.25) is 0 Å². The number of hydrogen-bond donors (Lipinski definition) is 0. The van der Waals surface area contributed by atoms with Gasteiger partial charge in [0.1, 0.15) is 0 Å². The molecule has 2 rings (SSSR count). The van der Waals surface area contributed by atoms with Gasteiger partial charge in [-0.3, -0.25) is 4.98 Å². The van der Waals surface area contributed by atoms with Crippen molar-refractivity contribution in [3.63, 3.8) is 0 Å². The van der Waals surface area contributed by atoms with Gasteiger partial charge in [0.15, 0.2) is 0 Å². The summed E-state index contributed by atoms with van der Waals surface area (Å²) in [5.41, 5.74) is 2.27. The first-order valence-corrected chi connectivity index (χ1v) is 4.30. The summed E-state index contributed by atoms with van der Waals surface area (Å²) in [7, 11) is 0. The number of pyridine rings is 1. The Morgan fingerprint density at radius 3 is 2.57 bits per heavy atom. The van der Waals surface area contributed by atoms with Crippen LogP contribution in [-0.2, 0) is 26.8 Å². The second-order valence-electron chi connectivity index (χ2n) is 2.89. The van der Waals surface area contributed by atoms with E-state index in [9.17, 15) is 0 Å². The molecule has 0 aliphatic rings. The van der Waals surface area contributed by atoms with Crippen molar-refractivity contribution in [3.8, 4) is 0 Å². The molecule has 0 amide bonds. The van der Waals surface area contributed by atoms with E-state index >= 15 is 0 Å². The van der Waals surface area contributed by atoms with Crippen LogP contribution in [0.1, 0.15) is 11.3 Å². The van der Waals surface area contributed by atoms with E-state index in [2.05, 4.69) is 17.1 Å². The van der Waals surface area contributed by atoms with Crippen molar-refractivity contribution in [3.05, 3.63) is 66.0 Å². The Balaban J connectivity index is 0.000000980. The molecule has 0 aliphatic heterocycles. The molecule has 1 heterocycles. The summed E-state index contributed by atoms with van der Waals surface area (Å²) in [6, 6.07) is 17.1. The average Bonchev–Trinajstić information content (AvgIpc) is 2.21. The molecular formula is C12H10NPd-. The zero-order valence-corrected chi connectivity index (χ0v) is 9.14. The minimum atomic E-state index is 0. The number of aromatic nitrogens is 1. The van der Waals surface area contributed by atoms with Crippen LogP contribution >= 0.6 is 0 Å². The SMILES string of the molecule is [Pd].[c-]1ccccc1Cc1ccccn1. The van der Waals surface area contributed by atoms with Crippen molar-refractivity contribution in [1.29, 1.82) is 0 Å². The Bertz CT molecular complexity index is 321. The zero-order chi connectivity index (χ0) is 8.93. The molecule has 0 spiro atoms. The van der Waals surface area contributed by atoms with Crippen molar-refractivity contribution in [1.82, 2.24) is 4.98 Å². The average molecular weight is 275 g/mol. The Kier molecular flexibility index (Phi) is 4.52. The maximum atomic E-state index is 4.25. The molecule has 0 radical (unpaired) electrons. The van der Waals surface area contributed by atoms with Gasteiger partial charge in [-0.1, -0.05) is 6.07 Å². The van der Waals surface area contributed by atoms with Gasteiger partial charge < -0.3 is 0 Å². The van der Waals surface area contributed by atoms with Crippen LogP contribution in [0.3, 0.4) is 0 Å². The standard InChI is InChI=1S/C12H10N.Pd/c1-2-6-11(7-3-1)10-12-8-4-5-9-13-12;/h1-6,8-9H,10H2;/q-1;. The largest absolute Gasteiger partial charge is 0.261 e. The van der Waals surface area contributed by atoms with Crippen molar-refractivity contribution in [2.75, 3.05) is 0 Å². The van der Waals surface area contributed by atoms with Gasteiger partial charge in [0, 0.05) is 32.3 Å². The fourth-order valence-electron chi connectivity index (χ4n) is 1.24. The molecule has 0 N–H and O–H groups in total. The third kappa shape index (κ3) is 3.07. The predicted molar refractivity (Wildman–Crippen MR) is 52.3 cm³/mol. The molecule has 74 valence electrons. The second-order valence-corrected chi connectivity index (χ2v) is 2.89. The maximum absolute atomic E-state index is 4.25. The summed E-state index contributed by atoms with van der Waals surface area (Å²) in [6.45, 7) is 0. The molecule has 2 heteroatoms. The molecule has 14 heavy (non-hydrogen) atoms. The molecular weight excluding hydrogens is 265 g/mol. The van der Waals surface area contributed by atoms with Crippen LogP contribution in [0.15, 0.2) is 48.7 Å². The van der Waals surface area contributed by atoms with Crippen LogP contribution < -0.4 is 0 Å². The molecule has 0 unspecified atom stereocenters. The summed E-state index contributed by atoms with van der Waals surface area (Å²) in [6.07, 6.45) is 2.68. The van der Waals surface area contributed by atoms with Crippen LogP contribution in [0.2, 0.25) is 0 Å². The quantitative estimate of drug-likeness (QED) is 0.606. The minimum Gasteiger partial charge on any atom is -0.261 e. The summed E-state index contributed by atoms with van der Waals surface area (Å²) in [5, 5.41) is 0. The van der Waals surface area contributed by atoms with Crippen molar-refractivity contribution < 1.29 is 20.4 Å². The Labute approximate surface area is 97.9 Å². The zero-order valence-electron chi connectivity index (χ0n) is 7.59. The Hall–Kier alpha value is -0.968. The number of rotatable bonds is 2. The molecule has 0 aliphatic carbocycles. The van der Waals surface area contributed by atoms with E-state index < -0.39 is 0 Å². The van der Waals surface area contributed by atoms with Crippen LogP contribution in [0.25, 0.3) is 0 Å². The molecule has 2 aromatic rings. The molecule has 0 saturated heterocycles. The van der Waals surface area contributed by atoms with Gasteiger partial charge in [-0.2, -0.15) is 35.9 Å². The molecule has 0 atom stereocenters. The van der Waals surface area contributed by atoms with Crippen molar-refractivity contribution in [2.45, 2.75) is 6.42 Å². The van der Waals surface area contributed by atoms with Gasteiger partial charge in [-0.15, -0.1) is 0 Å². The van der Waals surface area contributed by atoms with E-state index in [0.717, 1.165) is 12.1 Å². The monoisotopic (exact) mass is 274 g/mol. The van der Waals surface area contributed by atoms with Crippen LogP contribution in [0.4, 0.5) is 0 Å². The number of nitrogens with zero attached hydrogens (tertiary/aromatic N) is 1. The molecule has 1 aromatic heterocycles. The van der Waals surface area contributed by atoms with E-state index in [4.69, 9.17) is 0 Å². The van der Waals surface area contributed by atoms with Crippen LogP contribution in [-0.4, -0.2) is 4.98 Å². The van der Waals surface area contributed by atoms with E-state index in [0.29, 0.717) is 0 Å². The summed E-state index contributed by atoms with van der Waals surface area (Å²) in [5.74, 6) is 0. The fraction of sp³-hybridized carbons (Fsp3) is 0.0833. The van der Waals surface area contributed by atoms with E-state index in [1.807, 2.05) is 42.6 Å². The first-order valence-electron chi connectivity index (χ1n) is 4.30. The molecule has 1 aromatic carbocycles. The van der Waals surface area contributed by atoms with Gasteiger partial charge in [0.25, 0.3) is 0 Å². The van der Waals surface area contributed by atoms with Gasteiger partial charge in [-0.05, 0) is 18.6 Å². The van der Waals surface area contributed by atoms with Gasteiger partial charge in [0.05, 0.1) is 0 Å². The summed E-state index contributed by atoms with van der Waals surface area (Å²) >= 11 is 0. The van der Waals surface area contributed by atoms with Crippen molar-refractivity contribution in [2.24, 2.45) is 0 Å². The Morgan fingerprint density at radius 1 is 1.07 bits per heavy atom. The first kappa shape index (κ1) is 11.1. The smallest absolute Gasteiger partial charge is 0.0426 e. The molecule has 0 bridgehead atoms. The molecule has 1 nitrogen and oxygen atoms in total. The normalized spacial score (nSPS) is 9.14. The topological polar surface area (TPSA) is 12.9 Å². The molecule has 0 fully saturated rings. The van der Waals surface area contributed by atoms with Crippen molar-refractivity contribution >= 4 is 0 Å². The number of hydrogen-bond acceptors (Lipinski definition) is 1. The van der Waals surface area contributed by atoms with Gasteiger partial charge in [-0.25, -0.2) is 0 Å². The van der Waals surface area contributed by atoms with Gasteiger partial charge >= 0.3 is 0 Å². The first-order chi connectivity index (χ1) is 6.45. The van der Waals surface area contributed by atoms with E-state index in [1.54, 1.807) is 0 Å². The Morgan fingerprint density at radius 2 is 1.93 bits per heavy atom. The number of benzene rings is 1. The van der Waals surface area contributed by atoms with Crippen LogP contribution in [0.5, 0.6) is 0 Å². The second kappa shape index (κ2) is 5.70. The van der Waals surface area contributed by atoms with Crippen LogP contribution in [0, 0.1) is 6.07 Å².